The lowest BCUT2D eigenvalue weighted by atomic mass is 10.2. The average molecular weight is 221 g/mol. The predicted molar refractivity (Wildman–Crippen MR) is 59.6 cm³/mol. The lowest BCUT2D eigenvalue weighted by Crippen LogP contribution is -2.32. The Kier molecular flexibility index (Phi) is 3.36. The van der Waals surface area contributed by atoms with E-state index in [-0.39, 0.29) is 12.0 Å². The van der Waals surface area contributed by atoms with Gasteiger partial charge in [-0.25, -0.2) is 0 Å². The van der Waals surface area contributed by atoms with Gasteiger partial charge >= 0.3 is 0 Å². The van der Waals surface area contributed by atoms with Gasteiger partial charge in [0.05, 0.1) is 17.4 Å². The van der Waals surface area contributed by atoms with Gasteiger partial charge in [0, 0.05) is 19.3 Å². The molecule has 1 unspecified atom stereocenters. The van der Waals surface area contributed by atoms with Crippen molar-refractivity contribution in [3.8, 4) is 0 Å². The van der Waals surface area contributed by atoms with Crippen LogP contribution in [-0.2, 0) is 9.53 Å². The number of carbonyl (C=O) groups excluding carboxylic acids is 1. The Balaban J connectivity index is 1.81. The Morgan fingerprint density at radius 3 is 3.25 bits per heavy atom. The number of nitrogens with one attached hydrogen (secondary N) is 2. The van der Waals surface area contributed by atoms with Crippen LogP contribution in [0.15, 0.2) is 18.8 Å². The summed E-state index contributed by atoms with van der Waals surface area (Å²) < 4.78 is 5.41. The number of amides is 1. The first-order chi connectivity index (χ1) is 7.77. The minimum atomic E-state index is -0.181. The molecule has 86 valence electrons. The average Bonchev–Trinajstić information content (AvgIpc) is 2.96. The molecule has 1 fully saturated rings. The van der Waals surface area contributed by atoms with Crippen LogP contribution < -0.4 is 5.32 Å². The Morgan fingerprint density at radius 1 is 1.75 bits per heavy atom. The lowest BCUT2D eigenvalue weighted by Gasteiger charge is -2.11. The van der Waals surface area contributed by atoms with Gasteiger partial charge in [-0.05, 0) is 18.9 Å². The molecule has 0 spiro atoms. The van der Waals surface area contributed by atoms with Crippen LogP contribution in [0.1, 0.15) is 18.5 Å². The van der Waals surface area contributed by atoms with Crippen molar-refractivity contribution >= 4 is 11.5 Å². The molecule has 1 saturated heterocycles. The highest BCUT2D eigenvalue weighted by atomic mass is 16.5. The quantitative estimate of drug-likeness (QED) is 0.736. The normalized spacial score (nSPS) is 19.6. The van der Waals surface area contributed by atoms with E-state index in [1.54, 1.807) is 12.3 Å². The predicted octanol–water partition coefficient (Wildman–Crippen LogP) is 0.718. The van der Waals surface area contributed by atoms with Crippen molar-refractivity contribution in [2.24, 2.45) is 0 Å². The van der Waals surface area contributed by atoms with Crippen LogP contribution in [-0.4, -0.2) is 35.4 Å². The van der Waals surface area contributed by atoms with Crippen molar-refractivity contribution in [3.05, 3.63) is 24.5 Å². The molecule has 0 saturated carbocycles. The first-order valence-electron chi connectivity index (χ1n) is 5.36. The second-order valence-corrected chi connectivity index (χ2v) is 3.79. The maximum absolute atomic E-state index is 11.7. The Hall–Kier alpha value is -1.62. The molecular weight excluding hydrogens is 206 g/mol. The van der Waals surface area contributed by atoms with Gasteiger partial charge in [-0.3, -0.25) is 9.89 Å². The topological polar surface area (TPSA) is 67.0 Å². The van der Waals surface area contributed by atoms with E-state index in [1.165, 1.54) is 0 Å². The van der Waals surface area contributed by atoms with Crippen LogP contribution in [0.5, 0.6) is 0 Å². The summed E-state index contributed by atoms with van der Waals surface area (Å²) in [6, 6.07) is 1.72. The van der Waals surface area contributed by atoms with Crippen molar-refractivity contribution < 1.29 is 9.53 Å². The van der Waals surface area contributed by atoms with E-state index in [0.29, 0.717) is 17.8 Å². The van der Waals surface area contributed by atoms with E-state index >= 15 is 0 Å². The number of hydrogen-bond donors (Lipinski definition) is 2. The van der Waals surface area contributed by atoms with Crippen molar-refractivity contribution in [3.63, 3.8) is 0 Å². The van der Waals surface area contributed by atoms with E-state index in [4.69, 9.17) is 4.74 Å². The van der Waals surface area contributed by atoms with Gasteiger partial charge in [-0.15, -0.1) is 0 Å². The summed E-state index contributed by atoms with van der Waals surface area (Å²) in [5, 5.41) is 9.28. The molecule has 1 aliphatic heterocycles. The highest BCUT2D eigenvalue weighted by Crippen LogP contribution is 2.12. The smallest absolute Gasteiger partial charge is 0.252 e. The summed E-state index contributed by atoms with van der Waals surface area (Å²) in [6.07, 6.45) is 3.82. The van der Waals surface area contributed by atoms with E-state index in [9.17, 15) is 4.79 Å². The summed E-state index contributed by atoms with van der Waals surface area (Å²) in [5.41, 5.74) is 1.04. The number of aromatic nitrogens is 2. The molecule has 0 aromatic carbocycles. The summed E-state index contributed by atoms with van der Waals surface area (Å²) >= 11 is 0. The third-order valence-corrected chi connectivity index (χ3v) is 2.61. The fourth-order valence-corrected chi connectivity index (χ4v) is 1.66. The van der Waals surface area contributed by atoms with E-state index < -0.39 is 0 Å². The summed E-state index contributed by atoms with van der Waals surface area (Å²) in [7, 11) is 0. The number of carbonyl (C=O) groups is 1. The Bertz CT molecular complexity index is 367. The van der Waals surface area contributed by atoms with E-state index in [1.807, 2.05) is 0 Å². The van der Waals surface area contributed by atoms with Crippen LogP contribution in [0.25, 0.3) is 5.57 Å². The highest BCUT2D eigenvalue weighted by Gasteiger charge is 2.17. The van der Waals surface area contributed by atoms with Gasteiger partial charge in [0.2, 0.25) is 0 Å². The first-order valence-corrected chi connectivity index (χ1v) is 5.36. The number of rotatable bonds is 4. The molecule has 2 rings (SSSR count). The molecular formula is C11H15N3O2. The zero-order valence-corrected chi connectivity index (χ0v) is 9.03. The van der Waals surface area contributed by atoms with Crippen molar-refractivity contribution in [1.29, 1.82) is 0 Å². The minimum absolute atomic E-state index is 0.151. The van der Waals surface area contributed by atoms with Crippen LogP contribution in [0.2, 0.25) is 0 Å². The largest absolute Gasteiger partial charge is 0.376 e. The molecule has 1 aliphatic rings. The number of hydrogen-bond acceptors (Lipinski definition) is 3. The molecule has 0 aliphatic carbocycles. The van der Waals surface area contributed by atoms with Gasteiger partial charge < -0.3 is 10.1 Å². The number of aromatic amines is 1. The third kappa shape index (κ3) is 2.49. The molecule has 1 aromatic heterocycles. The van der Waals surface area contributed by atoms with Crippen LogP contribution in [0.4, 0.5) is 0 Å². The molecule has 1 atom stereocenters. The Morgan fingerprint density at radius 2 is 2.62 bits per heavy atom. The van der Waals surface area contributed by atoms with Gasteiger partial charge in [0.1, 0.15) is 0 Å². The van der Waals surface area contributed by atoms with Crippen LogP contribution in [0.3, 0.4) is 0 Å². The summed E-state index contributed by atoms with van der Waals surface area (Å²) in [6.45, 7) is 5.06. The molecule has 2 heterocycles. The molecule has 1 amide bonds. The van der Waals surface area contributed by atoms with Crippen molar-refractivity contribution in [1.82, 2.24) is 15.5 Å². The molecule has 5 nitrogen and oxygen atoms in total. The fraction of sp³-hybridized carbons (Fsp3) is 0.455. The fourth-order valence-electron chi connectivity index (χ4n) is 1.66. The van der Waals surface area contributed by atoms with Gasteiger partial charge in [0.25, 0.3) is 5.91 Å². The maximum Gasteiger partial charge on any atom is 0.252 e. The summed E-state index contributed by atoms with van der Waals surface area (Å²) in [4.78, 5) is 11.7. The standard InChI is InChI=1S/C11H15N3O2/c1-8(10-4-5-13-14-10)11(15)12-7-9-3-2-6-16-9/h4-5,9H,1-3,6-7H2,(H,12,15)(H,13,14). The molecule has 16 heavy (non-hydrogen) atoms. The molecule has 5 heteroatoms. The number of H-pyrrole nitrogens is 1. The van der Waals surface area contributed by atoms with Gasteiger partial charge in [0.15, 0.2) is 0 Å². The second kappa shape index (κ2) is 4.94. The number of nitrogens with zero attached hydrogens (tertiary/aromatic N) is 1. The molecule has 2 N–H and O–H groups in total. The molecule has 0 bridgehead atoms. The van der Waals surface area contributed by atoms with Crippen molar-refractivity contribution in [2.75, 3.05) is 13.2 Å². The first kappa shape index (κ1) is 10.9. The maximum atomic E-state index is 11.7. The third-order valence-electron chi connectivity index (χ3n) is 2.61. The van der Waals surface area contributed by atoms with Gasteiger partial charge in [-0.1, -0.05) is 6.58 Å². The summed E-state index contributed by atoms with van der Waals surface area (Å²) in [5.74, 6) is -0.181. The Labute approximate surface area is 93.9 Å². The van der Waals surface area contributed by atoms with E-state index in [2.05, 4.69) is 22.1 Å². The second-order valence-electron chi connectivity index (χ2n) is 3.79. The van der Waals surface area contributed by atoms with Crippen molar-refractivity contribution in [2.45, 2.75) is 18.9 Å². The zero-order valence-electron chi connectivity index (χ0n) is 9.03. The van der Waals surface area contributed by atoms with Crippen LogP contribution in [0, 0.1) is 0 Å². The monoisotopic (exact) mass is 221 g/mol. The molecule has 1 aromatic rings. The number of ether oxygens (including phenoxy) is 1. The SMILES string of the molecule is C=C(C(=O)NCC1CCCO1)c1ccn[nH]1. The zero-order chi connectivity index (χ0) is 11.4. The van der Waals surface area contributed by atoms with Gasteiger partial charge in [-0.2, -0.15) is 5.10 Å². The van der Waals surface area contributed by atoms with E-state index in [0.717, 1.165) is 19.4 Å². The highest BCUT2D eigenvalue weighted by molar-refractivity contribution is 6.18. The lowest BCUT2D eigenvalue weighted by molar-refractivity contribution is -0.116. The van der Waals surface area contributed by atoms with Crippen LogP contribution >= 0.6 is 0 Å². The minimum Gasteiger partial charge on any atom is -0.376 e. The molecule has 0 radical (unpaired) electrons.